The molecule has 1 fully saturated rings. The predicted molar refractivity (Wildman–Crippen MR) is 50.4 cm³/mol. The predicted octanol–water partition coefficient (Wildman–Crippen LogP) is -0.809. The summed E-state index contributed by atoms with van der Waals surface area (Å²) in [6, 6.07) is -0.398. The molecule has 0 bridgehead atoms. The van der Waals surface area contributed by atoms with Gasteiger partial charge in [-0.25, -0.2) is 0 Å². The molecule has 2 atom stereocenters. The van der Waals surface area contributed by atoms with E-state index in [4.69, 9.17) is 14.6 Å². The normalized spacial score (nSPS) is 25.2. The van der Waals surface area contributed by atoms with Crippen LogP contribution in [0.5, 0.6) is 0 Å². The number of likely N-dealkylation sites (N-methyl/N-ethyl adjacent to an activating group) is 1. The zero-order chi connectivity index (χ0) is 11.4. The van der Waals surface area contributed by atoms with Gasteiger partial charge in [-0.3, -0.25) is 9.59 Å². The van der Waals surface area contributed by atoms with E-state index in [0.29, 0.717) is 0 Å². The van der Waals surface area contributed by atoms with Crippen LogP contribution in [0.15, 0.2) is 0 Å². The van der Waals surface area contributed by atoms with Crippen molar-refractivity contribution in [1.29, 1.82) is 0 Å². The molecule has 0 aromatic heterocycles. The summed E-state index contributed by atoms with van der Waals surface area (Å²) in [7, 11) is 2.99. The molecule has 1 N–H and O–H groups in total. The van der Waals surface area contributed by atoms with Crippen LogP contribution in [0.1, 0.15) is 0 Å². The highest BCUT2D eigenvalue weighted by atomic mass is 16.5. The fraction of sp³-hybridized carbons (Fsp3) is 0.778. The van der Waals surface area contributed by atoms with Crippen LogP contribution >= 0.6 is 0 Å². The SMILES string of the molecule is COCC(=O)N(C)C1COCC1C(=O)O. The molecule has 15 heavy (non-hydrogen) atoms. The van der Waals surface area contributed by atoms with Gasteiger partial charge in [0.15, 0.2) is 0 Å². The van der Waals surface area contributed by atoms with Gasteiger partial charge in [-0.2, -0.15) is 0 Å². The maximum atomic E-state index is 11.5. The smallest absolute Gasteiger partial charge is 0.311 e. The fourth-order valence-corrected chi connectivity index (χ4v) is 1.57. The lowest BCUT2D eigenvalue weighted by atomic mass is 10.0. The quantitative estimate of drug-likeness (QED) is 0.666. The van der Waals surface area contributed by atoms with E-state index in [1.54, 1.807) is 7.05 Å². The van der Waals surface area contributed by atoms with E-state index < -0.39 is 17.9 Å². The van der Waals surface area contributed by atoms with Gasteiger partial charge >= 0.3 is 5.97 Å². The lowest BCUT2D eigenvalue weighted by Crippen LogP contribution is -2.45. The minimum atomic E-state index is -0.936. The molecular weight excluding hydrogens is 202 g/mol. The Labute approximate surface area is 87.8 Å². The van der Waals surface area contributed by atoms with E-state index in [1.807, 2.05) is 0 Å². The maximum absolute atomic E-state index is 11.5. The Hall–Kier alpha value is -1.14. The molecule has 0 spiro atoms. The standard InChI is InChI=1S/C9H15NO5/c1-10(8(11)5-14-2)7-4-15-3-6(7)9(12)13/h6-7H,3-5H2,1-2H3,(H,12,13). The van der Waals surface area contributed by atoms with Gasteiger partial charge in [-0.05, 0) is 0 Å². The summed E-state index contributed by atoms with van der Waals surface area (Å²) in [5.41, 5.74) is 0. The number of carbonyl (C=O) groups is 2. The van der Waals surface area contributed by atoms with Crippen molar-refractivity contribution in [2.24, 2.45) is 5.92 Å². The van der Waals surface area contributed by atoms with Crippen molar-refractivity contribution in [2.45, 2.75) is 6.04 Å². The van der Waals surface area contributed by atoms with Gasteiger partial charge in [-0.1, -0.05) is 0 Å². The topological polar surface area (TPSA) is 76.1 Å². The Balaban J connectivity index is 2.61. The van der Waals surface area contributed by atoms with Crippen molar-refractivity contribution in [3.8, 4) is 0 Å². The van der Waals surface area contributed by atoms with E-state index in [2.05, 4.69) is 0 Å². The number of methoxy groups -OCH3 is 1. The first kappa shape index (κ1) is 11.9. The minimum Gasteiger partial charge on any atom is -0.481 e. The number of rotatable bonds is 4. The number of aliphatic carboxylic acids is 1. The number of hydrogen-bond acceptors (Lipinski definition) is 4. The molecule has 1 heterocycles. The molecule has 0 radical (unpaired) electrons. The van der Waals surface area contributed by atoms with E-state index in [-0.39, 0.29) is 25.7 Å². The van der Waals surface area contributed by atoms with Crippen LogP contribution in [0.25, 0.3) is 0 Å². The molecule has 0 aromatic carbocycles. The monoisotopic (exact) mass is 217 g/mol. The van der Waals surface area contributed by atoms with Crippen molar-refractivity contribution in [3.05, 3.63) is 0 Å². The van der Waals surface area contributed by atoms with E-state index in [1.165, 1.54) is 12.0 Å². The van der Waals surface area contributed by atoms with Gasteiger partial charge in [-0.15, -0.1) is 0 Å². The number of carboxylic acids is 1. The zero-order valence-electron chi connectivity index (χ0n) is 8.80. The van der Waals surface area contributed by atoms with Crippen LogP contribution in [0.4, 0.5) is 0 Å². The highest BCUT2D eigenvalue weighted by Crippen LogP contribution is 2.18. The van der Waals surface area contributed by atoms with Crippen molar-refractivity contribution in [2.75, 3.05) is 34.0 Å². The summed E-state index contributed by atoms with van der Waals surface area (Å²) in [5, 5.41) is 8.90. The second-order valence-corrected chi connectivity index (χ2v) is 3.49. The van der Waals surface area contributed by atoms with E-state index in [9.17, 15) is 9.59 Å². The van der Waals surface area contributed by atoms with Gasteiger partial charge in [0.25, 0.3) is 0 Å². The molecule has 6 heteroatoms. The Morgan fingerprint density at radius 2 is 2.20 bits per heavy atom. The molecule has 1 amide bonds. The summed E-state index contributed by atoms with van der Waals surface area (Å²) in [4.78, 5) is 23.7. The second-order valence-electron chi connectivity index (χ2n) is 3.49. The lowest BCUT2D eigenvalue weighted by molar-refractivity contribution is -0.145. The van der Waals surface area contributed by atoms with Gasteiger partial charge < -0.3 is 19.5 Å². The summed E-state index contributed by atoms with van der Waals surface area (Å²) < 4.78 is 9.77. The van der Waals surface area contributed by atoms with Gasteiger partial charge in [0.05, 0.1) is 19.3 Å². The van der Waals surface area contributed by atoms with Crippen LogP contribution < -0.4 is 0 Å². The van der Waals surface area contributed by atoms with Crippen molar-refractivity contribution in [3.63, 3.8) is 0 Å². The highest BCUT2D eigenvalue weighted by molar-refractivity contribution is 5.79. The van der Waals surface area contributed by atoms with Crippen molar-refractivity contribution in [1.82, 2.24) is 4.90 Å². The second kappa shape index (κ2) is 5.09. The molecule has 1 rings (SSSR count). The number of ether oxygens (including phenoxy) is 2. The van der Waals surface area contributed by atoms with Crippen molar-refractivity contribution < 1.29 is 24.2 Å². The van der Waals surface area contributed by atoms with Crippen LogP contribution in [-0.2, 0) is 19.1 Å². The van der Waals surface area contributed by atoms with Crippen LogP contribution in [0, 0.1) is 5.92 Å². The van der Waals surface area contributed by atoms with Gasteiger partial charge in [0.1, 0.15) is 12.5 Å². The van der Waals surface area contributed by atoms with Crippen LogP contribution in [0.2, 0.25) is 0 Å². The van der Waals surface area contributed by atoms with Crippen LogP contribution in [0.3, 0.4) is 0 Å². The number of nitrogens with zero attached hydrogens (tertiary/aromatic N) is 1. The molecule has 0 aromatic rings. The van der Waals surface area contributed by atoms with E-state index >= 15 is 0 Å². The Morgan fingerprint density at radius 3 is 2.73 bits per heavy atom. The van der Waals surface area contributed by atoms with Gasteiger partial charge in [0, 0.05) is 14.2 Å². The average molecular weight is 217 g/mol. The molecule has 86 valence electrons. The molecule has 1 saturated heterocycles. The third-order valence-corrected chi connectivity index (χ3v) is 2.53. The average Bonchev–Trinajstić information content (AvgIpc) is 2.65. The zero-order valence-corrected chi connectivity index (χ0v) is 8.80. The largest absolute Gasteiger partial charge is 0.481 e. The Morgan fingerprint density at radius 1 is 1.53 bits per heavy atom. The number of amides is 1. The maximum Gasteiger partial charge on any atom is 0.311 e. The molecule has 6 nitrogen and oxygen atoms in total. The lowest BCUT2D eigenvalue weighted by Gasteiger charge is -2.25. The fourth-order valence-electron chi connectivity index (χ4n) is 1.57. The number of hydrogen-bond donors (Lipinski definition) is 1. The summed E-state index contributed by atoms with van der Waals surface area (Å²) in [6.07, 6.45) is 0. The molecule has 0 aliphatic carbocycles. The molecule has 1 aliphatic heterocycles. The molecule has 0 saturated carbocycles. The number of carbonyl (C=O) groups excluding carboxylic acids is 1. The van der Waals surface area contributed by atoms with Crippen LogP contribution in [-0.4, -0.2) is 61.9 Å². The highest BCUT2D eigenvalue weighted by Gasteiger charge is 2.38. The van der Waals surface area contributed by atoms with Gasteiger partial charge in [0.2, 0.25) is 5.91 Å². The first-order valence-corrected chi connectivity index (χ1v) is 4.63. The molecule has 2 unspecified atom stereocenters. The minimum absolute atomic E-state index is 0.0423. The summed E-state index contributed by atoms with van der Waals surface area (Å²) >= 11 is 0. The Bertz CT molecular complexity index is 255. The first-order valence-electron chi connectivity index (χ1n) is 4.63. The third-order valence-electron chi connectivity index (χ3n) is 2.53. The first-order chi connectivity index (χ1) is 7.07. The Kier molecular flexibility index (Phi) is 4.05. The molecule has 1 aliphatic rings. The van der Waals surface area contributed by atoms with Crippen molar-refractivity contribution >= 4 is 11.9 Å². The van der Waals surface area contributed by atoms with E-state index in [0.717, 1.165) is 0 Å². The summed E-state index contributed by atoms with van der Waals surface area (Å²) in [5.74, 6) is -1.82. The third kappa shape index (κ3) is 2.66. The molecular formula is C9H15NO5. The number of carboxylic acid groups (broad SMARTS) is 1. The summed E-state index contributed by atoms with van der Waals surface area (Å²) in [6.45, 7) is 0.382.